The number of nitrogens with two attached hydrogens (primary N) is 2. The fourth-order valence-electron chi connectivity index (χ4n) is 1.90. The van der Waals surface area contributed by atoms with Gasteiger partial charge in [0.25, 0.3) is 0 Å². The Morgan fingerprint density at radius 3 is 2.43 bits per heavy atom. The average Bonchev–Trinajstić information content (AvgIpc) is 3.08. The van der Waals surface area contributed by atoms with E-state index in [0.29, 0.717) is 25.8 Å². The molecule has 0 bridgehead atoms. The highest BCUT2D eigenvalue weighted by Crippen LogP contribution is 2.07. The Bertz CT molecular complexity index is 601. The molecule has 1 heterocycles. The Balaban J connectivity index is 0.00000165. The van der Waals surface area contributed by atoms with Crippen molar-refractivity contribution in [2.75, 3.05) is 20.2 Å². The number of carboxylic acids is 1. The van der Waals surface area contributed by atoms with Crippen LogP contribution in [0.4, 0.5) is 4.79 Å². The zero-order valence-corrected chi connectivity index (χ0v) is 16.0. The van der Waals surface area contributed by atoms with Crippen LogP contribution in [-0.4, -0.2) is 64.5 Å². The number of aliphatic carboxylic acids is 1. The van der Waals surface area contributed by atoms with Crippen molar-refractivity contribution in [3.8, 4) is 0 Å². The number of carbonyl (C=O) groups is 3. The van der Waals surface area contributed by atoms with E-state index in [1.807, 2.05) is 0 Å². The van der Waals surface area contributed by atoms with E-state index in [1.165, 1.54) is 6.92 Å². The molecule has 0 aliphatic rings. The van der Waals surface area contributed by atoms with Gasteiger partial charge >= 0.3 is 12.0 Å². The van der Waals surface area contributed by atoms with Crippen molar-refractivity contribution in [3.63, 3.8) is 0 Å². The van der Waals surface area contributed by atoms with Crippen LogP contribution in [0.5, 0.6) is 0 Å². The maximum atomic E-state index is 11.8. The number of nitrogens with zero attached hydrogens (tertiary/aromatic N) is 2. The molecule has 0 saturated heterocycles. The fourth-order valence-corrected chi connectivity index (χ4v) is 1.90. The minimum atomic E-state index is -1.11. The highest BCUT2D eigenvalue weighted by atomic mass is 16.5. The highest BCUT2D eigenvalue weighted by molar-refractivity contribution is 5.82. The van der Waals surface area contributed by atoms with Crippen LogP contribution in [-0.2, 0) is 16.1 Å². The third kappa shape index (κ3) is 11.1. The zero-order valence-electron chi connectivity index (χ0n) is 16.0. The summed E-state index contributed by atoms with van der Waals surface area (Å²) in [5.74, 6) is -1.03. The SMILES string of the molecule is CC(N)=O.CNC(CO)c1noc(CNC(=O)NC(CCCCN)C(=O)O)n1. The fraction of sp³-hybridized carbons (Fsp3) is 0.667. The summed E-state index contributed by atoms with van der Waals surface area (Å²) in [7, 11) is 1.64. The first kappa shape index (κ1) is 25.2. The van der Waals surface area contributed by atoms with E-state index in [9.17, 15) is 14.4 Å². The summed E-state index contributed by atoms with van der Waals surface area (Å²) in [4.78, 5) is 36.1. The first-order valence-electron chi connectivity index (χ1n) is 8.58. The summed E-state index contributed by atoms with van der Waals surface area (Å²) < 4.78 is 4.95. The second kappa shape index (κ2) is 14.3. The van der Waals surface area contributed by atoms with Gasteiger partial charge in [0.2, 0.25) is 11.8 Å². The summed E-state index contributed by atoms with van der Waals surface area (Å²) in [6.45, 7) is 1.52. The van der Waals surface area contributed by atoms with Crippen LogP contribution in [0.15, 0.2) is 4.52 Å². The number of aromatic nitrogens is 2. The van der Waals surface area contributed by atoms with Crippen LogP contribution in [0, 0.1) is 0 Å². The molecule has 1 rings (SSSR count). The van der Waals surface area contributed by atoms with Crippen molar-refractivity contribution >= 4 is 17.9 Å². The predicted octanol–water partition coefficient (Wildman–Crippen LogP) is -1.80. The standard InChI is InChI=1S/C13H24N6O5.C2H5NO/c1-15-9(7-20)11-18-10(24-19-11)6-16-13(23)17-8(12(21)22)4-2-3-5-14;1-2(3)4/h8-9,15,20H,2-7,14H2,1H3,(H,21,22)(H2,16,17,23);1H3,(H2,3,4). The number of primary amides is 1. The van der Waals surface area contributed by atoms with Crippen molar-refractivity contribution in [1.82, 2.24) is 26.1 Å². The number of carbonyl (C=O) groups excluding carboxylic acids is 2. The lowest BCUT2D eigenvalue weighted by Gasteiger charge is -2.14. The maximum absolute atomic E-state index is 11.8. The van der Waals surface area contributed by atoms with Crippen LogP contribution in [0.2, 0.25) is 0 Å². The molecule has 2 unspecified atom stereocenters. The molecule has 160 valence electrons. The smallest absolute Gasteiger partial charge is 0.326 e. The number of unbranched alkanes of at least 4 members (excludes halogenated alkanes) is 1. The van der Waals surface area contributed by atoms with Gasteiger partial charge in [0.05, 0.1) is 19.2 Å². The predicted molar refractivity (Wildman–Crippen MR) is 97.8 cm³/mol. The minimum absolute atomic E-state index is 0.0597. The summed E-state index contributed by atoms with van der Waals surface area (Å²) in [6, 6.07) is -2.10. The molecule has 0 aliphatic carbocycles. The van der Waals surface area contributed by atoms with Crippen molar-refractivity contribution < 1.29 is 29.1 Å². The monoisotopic (exact) mass is 403 g/mol. The first-order valence-corrected chi connectivity index (χ1v) is 8.58. The molecule has 2 atom stereocenters. The van der Waals surface area contributed by atoms with Gasteiger partial charge in [-0.2, -0.15) is 4.98 Å². The number of hydrogen-bond acceptors (Lipinski definition) is 9. The lowest BCUT2D eigenvalue weighted by atomic mass is 10.1. The zero-order chi connectivity index (χ0) is 21.5. The lowest BCUT2D eigenvalue weighted by Crippen LogP contribution is -2.45. The number of aliphatic hydroxyl groups is 1. The Morgan fingerprint density at radius 1 is 1.29 bits per heavy atom. The third-order valence-corrected chi connectivity index (χ3v) is 3.28. The summed E-state index contributed by atoms with van der Waals surface area (Å²) >= 11 is 0. The number of likely N-dealkylation sites (N-methyl/N-ethyl adjacent to an activating group) is 1. The Morgan fingerprint density at radius 2 is 1.93 bits per heavy atom. The van der Waals surface area contributed by atoms with Crippen LogP contribution < -0.4 is 27.4 Å². The van der Waals surface area contributed by atoms with E-state index in [-0.39, 0.29) is 30.8 Å². The molecule has 3 amide bonds. The van der Waals surface area contributed by atoms with Crippen LogP contribution in [0.1, 0.15) is 43.9 Å². The van der Waals surface area contributed by atoms with E-state index in [2.05, 4.69) is 31.8 Å². The highest BCUT2D eigenvalue weighted by Gasteiger charge is 2.20. The van der Waals surface area contributed by atoms with Crippen LogP contribution >= 0.6 is 0 Å². The van der Waals surface area contributed by atoms with Gasteiger partial charge in [-0.1, -0.05) is 5.16 Å². The van der Waals surface area contributed by atoms with Gasteiger partial charge in [0.15, 0.2) is 5.82 Å². The van der Waals surface area contributed by atoms with E-state index < -0.39 is 24.1 Å². The summed E-state index contributed by atoms with van der Waals surface area (Å²) in [5.41, 5.74) is 9.83. The number of carboxylic acid groups (broad SMARTS) is 1. The van der Waals surface area contributed by atoms with Crippen molar-refractivity contribution in [3.05, 3.63) is 11.7 Å². The third-order valence-electron chi connectivity index (χ3n) is 3.28. The van der Waals surface area contributed by atoms with Crippen molar-refractivity contribution in [1.29, 1.82) is 0 Å². The molecular formula is C15H29N7O6. The van der Waals surface area contributed by atoms with E-state index in [0.717, 1.165) is 0 Å². The molecule has 9 N–H and O–H groups in total. The molecule has 0 spiro atoms. The van der Waals surface area contributed by atoms with Crippen molar-refractivity contribution in [2.45, 2.75) is 44.8 Å². The number of amides is 3. The molecule has 0 aliphatic heterocycles. The molecule has 0 radical (unpaired) electrons. The van der Waals surface area contributed by atoms with Gasteiger partial charge in [-0.25, -0.2) is 9.59 Å². The van der Waals surface area contributed by atoms with E-state index in [1.54, 1.807) is 7.05 Å². The molecule has 13 nitrogen and oxygen atoms in total. The molecule has 0 fully saturated rings. The maximum Gasteiger partial charge on any atom is 0.326 e. The van der Waals surface area contributed by atoms with E-state index >= 15 is 0 Å². The quantitative estimate of drug-likeness (QED) is 0.205. The summed E-state index contributed by atoms with van der Waals surface area (Å²) in [6.07, 6.45) is 1.59. The van der Waals surface area contributed by atoms with Gasteiger partial charge in [0, 0.05) is 6.92 Å². The van der Waals surface area contributed by atoms with Gasteiger partial charge in [-0.15, -0.1) is 0 Å². The molecule has 0 saturated carbocycles. The molecule has 1 aromatic heterocycles. The van der Waals surface area contributed by atoms with Crippen LogP contribution in [0.3, 0.4) is 0 Å². The Hall–Kier alpha value is -2.77. The van der Waals surface area contributed by atoms with Crippen molar-refractivity contribution in [2.24, 2.45) is 11.5 Å². The first-order chi connectivity index (χ1) is 13.2. The second-order valence-electron chi connectivity index (χ2n) is 5.68. The Labute approximate surface area is 162 Å². The van der Waals surface area contributed by atoms with Crippen LogP contribution in [0.25, 0.3) is 0 Å². The Kier molecular flexibility index (Phi) is 12.9. The number of rotatable bonds is 11. The number of nitrogens with one attached hydrogen (secondary N) is 3. The largest absolute Gasteiger partial charge is 0.480 e. The summed E-state index contributed by atoms with van der Waals surface area (Å²) in [5, 5.41) is 29.5. The second-order valence-corrected chi connectivity index (χ2v) is 5.68. The molecule has 0 aromatic carbocycles. The molecular weight excluding hydrogens is 374 g/mol. The lowest BCUT2D eigenvalue weighted by molar-refractivity contribution is -0.139. The topological polar surface area (TPSA) is 219 Å². The van der Waals surface area contributed by atoms with E-state index in [4.69, 9.17) is 20.5 Å². The molecule has 13 heteroatoms. The van der Waals surface area contributed by atoms with Gasteiger partial charge in [-0.3, -0.25) is 4.79 Å². The molecule has 28 heavy (non-hydrogen) atoms. The minimum Gasteiger partial charge on any atom is -0.480 e. The average molecular weight is 403 g/mol. The van der Waals surface area contributed by atoms with Gasteiger partial charge < -0.3 is 42.2 Å². The van der Waals surface area contributed by atoms with Gasteiger partial charge in [0.1, 0.15) is 6.04 Å². The normalized spacial score (nSPS) is 12.3. The number of urea groups is 1. The number of hydrogen-bond donors (Lipinski definition) is 7. The number of aliphatic hydroxyl groups excluding tert-OH is 1. The van der Waals surface area contributed by atoms with Gasteiger partial charge in [-0.05, 0) is 32.9 Å². The molecule has 1 aromatic rings.